The number of imide groups is 1. The predicted molar refractivity (Wildman–Crippen MR) is 165 cm³/mol. The van der Waals surface area contributed by atoms with E-state index in [1.807, 2.05) is 54.6 Å². The SMILES string of the molecule is CC(C)[C@H](NC(=O)CC(NC(=O)/C=C/c1ccc(Cl)cc1)c1ccc(-c2ccccc2)cc1)C(=O)[C@@H]1C(=O)NC(=O)[C@H]1C. The van der Waals surface area contributed by atoms with Crippen LogP contribution in [0.3, 0.4) is 0 Å². The van der Waals surface area contributed by atoms with Crippen molar-refractivity contribution in [3.05, 3.63) is 101 Å². The van der Waals surface area contributed by atoms with Gasteiger partial charge >= 0.3 is 0 Å². The fourth-order valence-corrected chi connectivity index (χ4v) is 5.13. The molecule has 3 aromatic carbocycles. The Bertz CT molecular complexity index is 1520. The summed E-state index contributed by atoms with van der Waals surface area (Å²) in [6.07, 6.45) is 2.86. The minimum Gasteiger partial charge on any atom is -0.346 e. The zero-order valence-corrected chi connectivity index (χ0v) is 24.9. The van der Waals surface area contributed by atoms with Gasteiger partial charge in [0.2, 0.25) is 23.6 Å². The van der Waals surface area contributed by atoms with Crippen molar-refractivity contribution in [2.45, 2.75) is 39.3 Å². The fourth-order valence-electron chi connectivity index (χ4n) is 5.00. The minimum atomic E-state index is -1.17. The van der Waals surface area contributed by atoms with Crippen LogP contribution in [0.15, 0.2) is 84.9 Å². The summed E-state index contributed by atoms with van der Waals surface area (Å²) in [4.78, 5) is 63.9. The molecule has 4 atom stereocenters. The first-order chi connectivity index (χ1) is 20.5. The van der Waals surface area contributed by atoms with Crippen molar-refractivity contribution in [1.29, 1.82) is 0 Å². The van der Waals surface area contributed by atoms with Gasteiger partial charge in [0.05, 0.1) is 24.4 Å². The molecule has 0 aliphatic carbocycles. The van der Waals surface area contributed by atoms with Crippen LogP contribution in [0.1, 0.15) is 44.4 Å². The largest absolute Gasteiger partial charge is 0.346 e. The van der Waals surface area contributed by atoms with E-state index in [-0.39, 0.29) is 12.3 Å². The van der Waals surface area contributed by atoms with Crippen molar-refractivity contribution in [3.8, 4) is 11.1 Å². The number of amides is 4. The molecule has 1 fully saturated rings. The molecule has 0 spiro atoms. The summed E-state index contributed by atoms with van der Waals surface area (Å²) in [5.41, 5.74) is 3.48. The molecule has 0 saturated carbocycles. The summed E-state index contributed by atoms with van der Waals surface area (Å²) in [7, 11) is 0. The molecule has 1 heterocycles. The molecule has 0 aromatic heterocycles. The average Bonchev–Trinajstić information content (AvgIpc) is 3.25. The molecule has 0 bridgehead atoms. The number of carbonyl (C=O) groups is 5. The molecular weight excluding hydrogens is 566 g/mol. The van der Waals surface area contributed by atoms with E-state index in [1.165, 1.54) is 13.0 Å². The lowest BCUT2D eigenvalue weighted by atomic mass is 9.85. The van der Waals surface area contributed by atoms with Gasteiger partial charge in [-0.15, -0.1) is 0 Å². The van der Waals surface area contributed by atoms with Crippen molar-refractivity contribution in [1.82, 2.24) is 16.0 Å². The number of carbonyl (C=O) groups excluding carboxylic acids is 5. The van der Waals surface area contributed by atoms with Crippen LogP contribution in [0.25, 0.3) is 17.2 Å². The first-order valence-corrected chi connectivity index (χ1v) is 14.5. The molecular formula is C34H34ClN3O5. The molecule has 4 amide bonds. The third-order valence-electron chi connectivity index (χ3n) is 7.46. The molecule has 1 unspecified atom stereocenters. The molecule has 4 rings (SSSR count). The van der Waals surface area contributed by atoms with E-state index in [2.05, 4.69) is 16.0 Å². The van der Waals surface area contributed by atoms with Crippen LogP contribution < -0.4 is 16.0 Å². The Morgan fingerprint density at radius 1 is 0.860 bits per heavy atom. The van der Waals surface area contributed by atoms with Gasteiger partial charge in [-0.25, -0.2) is 0 Å². The molecule has 43 heavy (non-hydrogen) atoms. The molecule has 3 aromatic rings. The molecule has 1 aliphatic heterocycles. The molecule has 1 saturated heterocycles. The molecule has 1 aliphatic rings. The van der Waals surface area contributed by atoms with E-state index in [4.69, 9.17) is 11.6 Å². The highest BCUT2D eigenvalue weighted by Gasteiger charge is 2.46. The van der Waals surface area contributed by atoms with Crippen LogP contribution >= 0.6 is 11.6 Å². The number of hydrogen-bond acceptors (Lipinski definition) is 5. The van der Waals surface area contributed by atoms with Gasteiger partial charge in [-0.1, -0.05) is 99.1 Å². The number of Topliss-reactive ketones (excluding diaryl/α,β-unsaturated/α-hetero) is 1. The van der Waals surface area contributed by atoms with Crippen LogP contribution in [0.2, 0.25) is 5.02 Å². The maximum Gasteiger partial charge on any atom is 0.244 e. The number of hydrogen-bond donors (Lipinski definition) is 3. The van der Waals surface area contributed by atoms with Gasteiger partial charge in [0.15, 0.2) is 5.78 Å². The first kappa shape index (κ1) is 31.4. The zero-order chi connectivity index (χ0) is 31.1. The normalized spacial score (nSPS) is 17.9. The monoisotopic (exact) mass is 599 g/mol. The third kappa shape index (κ3) is 8.05. The first-order valence-electron chi connectivity index (χ1n) is 14.1. The van der Waals surface area contributed by atoms with Gasteiger partial charge in [0, 0.05) is 11.1 Å². The molecule has 8 nitrogen and oxygen atoms in total. The predicted octanol–water partition coefficient (Wildman–Crippen LogP) is 4.89. The Morgan fingerprint density at radius 3 is 2.07 bits per heavy atom. The van der Waals surface area contributed by atoms with Crippen LogP contribution in [0.5, 0.6) is 0 Å². The lowest BCUT2D eigenvalue weighted by Crippen LogP contribution is -2.49. The van der Waals surface area contributed by atoms with Crippen molar-refractivity contribution in [2.24, 2.45) is 17.8 Å². The summed E-state index contributed by atoms with van der Waals surface area (Å²) in [6, 6.07) is 22.7. The van der Waals surface area contributed by atoms with Gasteiger partial charge in [0.1, 0.15) is 5.92 Å². The lowest BCUT2D eigenvalue weighted by molar-refractivity contribution is -0.137. The topological polar surface area (TPSA) is 121 Å². The molecule has 0 radical (unpaired) electrons. The number of halogens is 1. The number of benzene rings is 3. The second kappa shape index (κ2) is 14.1. The summed E-state index contributed by atoms with van der Waals surface area (Å²) in [6.45, 7) is 5.03. The van der Waals surface area contributed by atoms with E-state index in [1.54, 1.807) is 44.2 Å². The Morgan fingerprint density at radius 2 is 1.49 bits per heavy atom. The van der Waals surface area contributed by atoms with Gasteiger partial charge in [-0.2, -0.15) is 0 Å². The van der Waals surface area contributed by atoms with E-state index in [9.17, 15) is 24.0 Å². The number of nitrogens with one attached hydrogen (secondary N) is 3. The van der Waals surface area contributed by atoms with Crippen molar-refractivity contribution in [2.75, 3.05) is 0 Å². The van der Waals surface area contributed by atoms with E-state index in [0.29, 0.717) is 10.6 Å². The van der Waals surface area contributed by atoms with Gasteiger partial charge in [-0.05, 0) is 46.4 Å². The van der Waals surface area contributed by atoms with Crippen molar-refractivity contribution >= 4 is 47.1 Å². The minimum absolute atomic E-state index is 0.160. The van der Waals surface area contributed by atoms with Crippen LogP contribution in [0.4, 0.5) is 0 Å². The fraction of sp³-hybridized carbons (Fsp3) is 0.265. The third-order valence-corrected chi connectivity index (χ3v) is 7.71. The summed E-state index contributed by atoms with van der Waals surface area (Å²) in [5.74, 6) is -4.90. The second-order valence-electron chi connectivity index (χ2n) is 10.9. The Hall–Kier alpha value is -4.56. The smallest absolute Gasteiger partial charge is 0.244 e. The van der Waals surface area contributed by atoms with Gasteiger partial charge in [0.25, 0.3) is 0 Å². The number of rotatable bonds is 11. The summed E-state index contributed by atoms with van der Waals surface area (Å²) >= 11 is 5.95. The van der Waals surface area contributed by atoms with E-state index in [0.717, 1.165) is 16.7 Å². The van der Waals surface area contributed by atoms with E-state index >= 15 is 0 Å². The summed E-state index contributed by atoms with van der Waals surface area (Å²) in [5, 5.41) is 8.44. The Kier molecular flexibility index (Phi) is 10.3. The lowest BCUT2D eigenvalue weighted by Gasteiger charge is -2.26. The van der Waals surface area contributed by atoms with Crippen molar-refractivity contribution < 1.29 is 24.0 Å². The van der Waals surface area contributed by atoms with Crippen molar-refractivity contribution in [3.63, 3.8) is 0 Å². The maximum atomic E-state index is 13.4. The second-order valence-corrected chi connectivity index (χ2v) is 11.4. The quantitative estimate of drug-likeness (QED) is 0.165. The number of ketones is 1. The highest BCUT2D eigenvalue weighted by molar-refractivity contribution is 6.30. The zero-order valence-electron chi connectivity index (χ0n) is 24.2. The molecule has 3 N–H and O–H groups in total. The molecule has 222 valence electrons. The Balaban J connectivity index is 1.53. The highest BCUT2D eigenvalue weighted by atomic mass is 35.5. The highest BCUT2D eigenvalue weighted by Crippen LogP contribution is 2.26. The Labute approximate surface area is 255 Å². The maximum absolute atomic E-state index is 13.4. The molecule has 9 heteroatoms. The van der Waals surface area contributed by atoms with Gasteiger partial charge < -0.3 is 10.6 Å². The van der Waals surface area contributed by atoms with Crippen LogP contribution in [0, 0.1) is 17.8 Å². The van der Waals surface area contributed by atoms with E-state index < -0.39 is 53.3 Å². The van der Waals surface area contributed by atoms with Gasteiger partial charge in [-0.3, -0.25) is 29.3 Å². The summed E-state index contributed by atoms with van der Waals surface area (Å²) < 4.78 is 0. The average molecular weight is 600 g/mol. The van der Waals surface area contributed by atoms with Crippen LogP contribution in [-0.2, 0) is 24.0 Å². The standard InChI is InChI=1S/C34H34ClN3O5/c1-20(2)31(32(41)30-21(3)33(42)38-34(30)43)37-29(40)19-27(36-28(39)18-11-22-9-16-26(35)17-10-22)25-14-12-24(13-15-25)23-7-5-4-6-8-23/h4-18,20-21,27,30-31H,19H2,1-3H3,(H,36,39)(H,37,40)(H,38,42,43)/b18-11+/t21-,27?,30+,31-/m0/s1. The van der Waals surface area contributed by atoms with Crippen LogP contribution in [-0.4, -0.2) is 35.5 Å².